The van der Waals surface area contributed by atoms with Gasteiger partial charge in [0.15, 0.2) is 0 Å². The van der Waals surface area contributed by atoms with Gasteiger partial charge in [0.1, 0.15) is 5.94 Å². The molecule has 100 valence electrons. The molecule has 2 aromatic rings. The molecule has 19 heavy (non-hydrogen) atoms. The molecule has 0 aliphatic carbocycles. The third-order valence-electron chi connectivity index (χ3n) is 4.05. The highest BCUT2D eigenvalue weighted by Crippen LogP contribution is 2.38. The van der Waals surface area contributed by atoms with Gasteiger partial charge in [-0.1, -0.05) is 18.2 Å². The Balaban J connectivity index is 1.88. The summed E-state index contributed by atoms with van der Waals surface area (Å²) in [6.45, 7) is 0.924. The van der Waals surface area contributed by atoms with Crippen molar-refractivity contribution in [3.8, 4) is 0 Å². The molecule has 2 aliphatic heterocycles. The van der Waals surface area contributed by atoms with Crippen molar-refractivity contribution < 1.29 is 4.84 Å². The number of hydrogen-bond acceptors (Lipinski definition) is 4. The number of nitrogens with two attached hydrogens (primary N) is 1. The summed E-state index contributed by atoms with van der Waals surface area (Å²) >= 11 is 1.77. The number of nitrogens with one attached hydrogen (secondary N) is 1. The Morgan fingerprint density at radius 1 is 1.37 bits per heavy atom. The minimum absolute atomic E-state index is 0.111. The summed E-state index contributed by atoms with van der Waals surface area (Å²) in [6.07, 6.45) is 1.02. The molecule has 0 bridgehead atoms. The van der Waals surface area contributed by atoms with Gasteiger partial charge in [0.05, 0.1) is 6.04 Å². The summed E-state index contributed by atoms with van der Waals surface area (Å²) < 4.78 is 0. The zero-order valence-corrected chi connectivity index (χ0v) is 11.5. The Morgan fingerprint density at radius 3 is 3.21 bits per heavy atom. The van der Waals surface area contributed by atoms with Gasteiger partial charge >= 0.3 is 0 Å². The molecule has 5 heteroatoms. The Kier molecular flexibility index (Phi) is 2.81. The van der Waals surface area contributed by atoms with Crippen LogP contribution in [0.4, 0.5) is 0 Å². The van der Waals surface area contributed by atoms with E-state index in [2.05, 4.69) is 34.3 Å². The van der Waals surface area contributed by atoms with Crippen LogP contribution >= 0.6 is 11.8 Å². The highest BCUT2D eigenvalue weighted by atomic mass is 32.2. The molecule has 2 atom stereocenters. The van der Waals surface area contributed by atoms with Crippen LogP contribution in [0.2, 0.25) is 0 Å². The molecule has 4 rings (SSSR count). The van der Waals surface area contributed by atoms with Crippen LogP contribution in [0.1, 0.15) is 17.3 Å². The van der Waals surface area contributed by atoms with E-state index in [0.29, 0.717) is 5.94 Å². The number of nitrogens with zero attached hydrogens (tertiary/aromatic N) is 1. The normalized spacial score (nSPS) is 27.8. The maximum absolute atomic E-state index is 6.36. The molecule has 0 unspecified atom stereocenters. The lowest BCUT2D eigenvalue weighted by molar-refractivity contribution is -0.175. The molecule has 3 heterocycles. The van der Waals surface area contributed by atoms with Crippen molar-refractivity contribution in [1.82, 2.24) is 10.0 Å². The van der Waals surface area contributed by atoms with Crippen LogP contribution in [0.3, 0.4) is 0 Å². The summed E-state index contributed by atoms with van der Waals surface area (Å²) in [7, 11) is 0. The molecular weight excluding hydrogens is 258 g/mol. The number of H-pyrrole nitrogens is 1. The Morgan fingerprint density at radius 2 is 2.26 bits per heavy atom. The second-order valence-corrected chi connectivity index (χ2v) is 6.16. The number of rotatable bonds is 0. The molecule has 0 radical (unpaired) electrons. The first-order valence-electron chi connectivity index (χ1n) is 6.67. The molecule has 2 aliphatic rings. The maximum atomic E-state index is 6.36. The van der Waals surface area contributed by atoms with Crippen molar-refractivity contribution in [2.45, 2.75) is 18.5 Å². The standard InChI is InChI=1S/C14H17N3OS/c15-11-7-19-8-18-17-6-5-10-9-3-1-2-4-12(9)16-13(10)14(11)17/h1-4,11,14,16H,5-8,15H2/t11-,14-/m1/s1. The number of hydrogen-bond donors (Lipinski definition) is 2. The van der Waals surface area contributed by atoms with Crippen molar-refractivity contribution in [2.24, 2.45) is 5.73 Å². The second kappa shape index (κ2) is 4.52. The van der Waals surface area contributed by atoms with E-state index in [4.69, 9.17) is 10.6 Å². The number of fused-ring (bicyclic) bond motifs is 5. The predicted molar refractivity (Wildman–Crippen MR) is 77.8 cm³/mol. The highest BCUT2D eigenvalue weighted by molar-refractivity contribution is 7.99. The van der Waals surface area contributed by atoms with Crippen LogP contribution in [-0.2, 0) is 11.3 Å². The predicted octanol–water partition coefficient (Wildman–Crippen LogP) is 2.03. The molecule has 1 saturated heterocycles. The van der Waals surface area contributed by atoms with E-state index in [1.165, 1.54) is 22.2 Å². The highest BCUT2D eigenvalue weighted by Gasteiger charge is 2.36. The maximum Gasteiger partial charge on any atom is 0.114 e. The van der Waals surface area contributed by atoms with Crippen molar-refractivity contribution in [3.05, 3.63) is 35.5 Å². The summed E-state index contributed by atoms with van der Waals surface area (Å²) in [6, 6.07) is 8.77. The minimum atomic E-state index is 0.111. The average molecular weight is 275 g/mol. The summed E-state index contributed by atoms with van der Waals surface area (Å²) in [5, 5.41) is 3.41. The van der Waals surface area contributed by atoms with Crippen LogP contribution in [0.25, 0.3) is 10.9 Å². The molecular formula is C14H17N3OS. The SMILES string of the molecule is N[C@@H]1CSCON2CCc3c([nH]c4ccccc34)[C@@H]12. The van der Waals surface area contributed by atoms with E-state index in [-0.39, 0.29) is 12.1 Å². The van der Waals surface area contributed by atoms with Gasteiger partial charge < -0.3 is 10.7 Å². The average Bonchev–Trinajstić information content (AvgIpc) is 2.70. The fraction of sp³-hybridized carbons (Fsp3) is 0.429. The Bertz CT molecular complexity index is 612. The van der Waals surface area contributed by atoms with Crippen molar-refractivity contribution >= 4 is 22.7 Å². The molecule has 3 N–H and O–H groups in total. The lowest BCUT2D eigenvalue weighted by atomic mass is 9.95. The monoisotopic (exact) mass is 275 g/mol. The minimum Gasteiger partial charge on any atom is -0.357 e. The van der Waals surface area contributed by atoms with Crippen molar-refractivity contribution in [1.29, 1.82) is 0 Å². The zero-order valence-electron chi connectivity index (χ0n) is 10.6. The number of aromatic nitrogens is 1. The zero-order chi connectivity index (χ0) is 12.8. The quantitative estimate of drug-likeness (QED) is 0.772. The van der Waals surface area contributed by atoms with Crippen LogP contribution in [0.5, 0.6) is 0 Å². The molecule has 0 spiro atoms. The van der Waals surface area contributed by atoms with Gasteiger partial charge in [-0.3, -0.25) is 4.84 Å². The van der Waals surface area contributed by atoms with Gasteiger partial charge in [0.2, 0.25) is 0 Å². The van der Waals surface area contributed by atoms with E-state index in [1.54, 1.807) is 11.8 Å². The molecule has 1 fully saturated rings. The van der Waals surface area contributed by atoms with E-state index in [0.717, 1.165) is 18.7 Å². The van der Waals surface area contributed by atoms with Crippen molar-refractivity contribution in [3.63, 3.8) is 0 Å². The lowest BCUT2D eigenvalue weighted by Gasteiger charge is -2.35. The van der Waals surface area contributed by atoms with Crippen LogP contribution in [0.15, 0.2) is 24.3 Å². The van der Waals surface area contributed by atoms with E-state index < -0.39 is 0 Å². The molecule has 1 aromatic carbocycles. The Labute approximate surface area is 116 Å². The topological polar surface area (TPSA) is 54.3 Å². The van der Waals surface area contributed by atoms with Crippen LogP contribution in [0, 0.1) is 0 Å². The molecule has 4 nitrogen and oxygen atoms in total. The number of hydroxylamine groups is 2. The third kappa shape index (κ3) is 1.80. The molecule has 1 aromatic heterocycles. The number of thioether (sulfide) groups is 1. The van der Waals surface area contributed by atoms with Gasteiger partial charge in [-0.2, -0.15) is 5.06 Å². The van der Waals surface area contributed by atoms with Gasteiger partial charge in [-0.15, -0.1) is 11.8 Å². The van der Waals surface area contributed by atoms with Gasteiger partial charge in [0, 0.05) is 34.9 Å². The molecule has 0 saturated carbocycles. The van der Waals surface area contributed by atoms with E-state index in [9.17, 15) is 0 Å². The summed E-state index contributed by atoms with van der Waals surface area (Å²) in [4.78, 5) is 9.39. The summed E-state index contributed by atoms with van der Waals surface area (Å²) in [5.41, 5.74) is 10.2. The number of para-hydroxylation sites is 1. The second-order valence-electron chi connectivity index (χ2n) is 5.18. The summed E-state index contributed by atoms with van der Waals surface area (Å²) in [5.74, 6) is 1.65. The first kappa shape index (κ1) is 11.8. The smallest absolute Gasteiger partial charge is 0.114 e. The lowest BCUT2D eigenvalue weighted by Crippen LogP contribution is -2.44. The first-order valence-corrected chi connectivity index (χ1v) is 7.82. The largest absolute Gasteiger partial charge is 0.357 e. The van der Waals surface area contributed by atoms with Crippen LogP contribution < -0.4 is 5.73 Å². The van der Waals surface area contributed by atoms with E-state index in [1.807, 2.05) is 0 Å². The number of benzene rings is 1. The first-order chi connectivity index (χ1) is 9.34. The number of aromatic amines is 1. The van der Waals surface area contributed by atoms with Gasteiger partial charge in [-0.25, -0.2) is 0 Å². The fourth-order valence-electron chi connectivity index (χ4n) is 3.20. The third-order valence-corrected chi connectivity index (χ3v) is 4.95. The fourth-order valence-corrected chi connectivity index (χ4v) is 3.96. The van der Waals surface area contributed by atoms with Gasteiger partial charge in [-0.05, 0) is 18.1 Å². The Hall–Kier alpha value is -1.01. The van der Waals surface area contributed by atoms with Crippen LogP contribution in [-0.4, -0.2) is 34.3 Å². The van der Waals surface area contributed by atoms with Crippen molar-refractivity contribution in [2.75, 3.05) is 18.2 Å². The van der Waals surface area contributed by atoms with E-state index >= 15 is 0 Å². The molecule has 0 amide bonds. The van der Waals surface area contributed by atoms with Gasteiger partial charge in [0.25, 0.3) is 0 Å².